The summed E-state index contributed by atoms with van der Waals surface area (Å²) in [6, 6.07) is 6.46. The van der Waals surface area contributed by atoms with Gasteiger partial charge in [0.05, 0.1) is 22.5 Å². The molecule has 0 fully saturated rings. The fourth-order valence-corrected chi connectivity index (χ4v) is 4.55. The van der Waals surface area contributed by atoms with Crippen LogP contribution in [0.3, 0.4) is 0 Å². The smallest absolute Gasteiger partial charge is 0.338 e. The quantitative estimate of drug-likeness (QED) is 0.566. The minimum Gasteiger partial charge on any atom is -0.460 e. The first kappa shape index (κ1) is 23.3. The molecule has 6 heteroatoms. The highest BCUT2D eigenvalue weighted by molar-refractivity contribution is 6.31. The number of hydrogen-bond acceptors (Lipinski definition) is 5. The minimum atomic E-state index is -0.801. The maximum Gasteiger partial charge on any atom is 0.338 e. The van der Waals surface area contributed by atoms with Gasteiger partial charge in [-0.2, -0.15) is 0 Å². The second kappa shape index (κ2) is 7.95. The van der Waals surface area contributed by atoms with Crippen LogP contribution in [0.5, 0.6) is 0 Å². The molecule has 1 aromatic heterocycles. The van der Waals surface area contributed by atoms with Crippen molar-refractivity contribution in [1.82, 2.24) is 0 Å². The van der Waals surface area contributed by atoms with Crippen molar-refractivity contribution >= 4 is 28.5 Å². The lowest BCUT2D eigenvalue weighted by atomic mass is 9.66. The number of rotatable bonds is 3. The number of methoxy groups -OCH3 is 1. The summed E-state index contributed by atoms with van der Waals surface area (Å²) in [4.78, 5) is 25.8. The first-order valence-corrected chi connectivity index (χ1v) is 10.6. The topological polar surface area (TPSA) is 65.7 Å². The summed E-state index contributed by atoms with van der Waals surface area (Å²) in [5, 5.41) is 0.943. The van der Waals surface area contributed by atoms with Crippen LogP contribution in [0.2, 0.25) is 5.02 Å². The molecule has 0 spiro atoms. The Morgan fingerprint density at radius 1 is 1.16 bits per heavy atom. The molecule has 1 heterocycles. The predicted octanol–water partition coefficient (Wildman–Crippen LogP) is 5.73. The van der Waals surface area contributed by atoms with Gasteiger partial charge in [0.15, 0.2) is 5.43 Å². The zero-order valence-electron chi connectivity index (χ0n) is 19.3. The van der Waals surface area contributed by atoms with E-state index in [4.69, 9.17) is 25.5 Å². The molecule has 2 atom stereocenters. The Labute approximate surface area is 187 Å². The number of halogens is 1. The predicted molar refractivity (Wildman–Crippen MR) is 123 cm³/mol. The van der Waals surface area contributed by atoms with Crippen LogP contribution in [-0.4, -0.2) is 24.8 Å². The average Bonchev–Trinajstić information content (AvgIpc) is 2.64. The molecule has 5 nitrogen and oxygen atoms in total. The van der Waals surface area contributed by atoms with Crippen LogP contribution >= 0.6 is 11.6 Å². The molecule has 3 rings (SSSR count). The SMILES string of the molecule is COC1C(C)=C(C(=O)OC(C)(C)C)C(C)=C(C)C1(C)c1cc(=O)c2ccc(Cl)cc2o1. The maximum absolute atomic E-state index is 13.0. The number of hydrogen-bond donors (Lipinski definition) is 0. The van der Waals surface area contributed by atoms with E-state index in [0.717, 1.165) is 16.7 Å². The third-order valence-corrected chi connectivity index (χ3v) is 6.31. The number of benzene rings is 1. The molecule has 0 amide bonds. The Bertz CT molecular complexity index is 1180. The van der Waals surface area contributed by atoms with Crippen molar-refractivity contribution in [2.45, 2.75) is 65.6 Å². The van der Waals surface area contributed by atoms with Gasteiger partial charge in [-0.15, -0.1) is 0 Å². The highest BCUT2D eigenvalue weighted by atomic mass is 35.5. The third kappa shape index (κ3) is 3.97. The Kier molecular flexibility index (Phi) is 5.98. The van der Waals surface area contributed by atoms with Gasteiger partial charge >= 0.3 is 5.97 Å². The molecule has 0 aliphatic heterocycles. The van der Waals surface area contributed by atoms with E-state index in [1.807, 2.05) is 48.5 Å². The number of fused-ring (bicyclic) bond motifs is 1. The van der Waals surface area contributed by atoms with E-state index in [1.165, 1.54) is 6.07 Å². The van der Waals surface area contributed by atoms with Gasteiger partial charge in [0.2, 0.25) is 0 Å². The molecule has 0 N–H and O–H groups in total. The molecule has 0 saturated heterocycles. The first-order valence-electron chi connectivity index (χ1n) is 10.2. The van der Waals surface area contributed by atoms with E-state index in [9.17, 15) is 9.59 Å². The highest BCUT2D eigenvalue weighted by Gasteiger charge is 2.47. The Morgan fingerprint density at radius 2 is 1.81 bits per heavy atom. The highest BCUT2D eigenvalue weighted by Crippen LogP contribution is 2.47. The number of carbonyl (C=O) groups excluding carboxylic acids is 1. The maximum atomic E-state index is 13.0. The molecule has 166 valence electrons. The van der Waals surface area contributed by atoms with Gasteiger partial charge in [0, 0.05) is 24.3 Å². The summed E-state index contributed by atoms with van der Waals surface area (Å²) in [6.07, 6.45) is -0.529. The molecule has 0 saturated carbocycles. The molecule has 0 bridgehead atoms. The van der Waals surface area contributed by atoms with Crippen LogP contribution in [0.25, 0.3) is 11.0 Å². The monoisotopic (exact) mass is 444 g/mol. The van der Waals surface area contributed by atoms with Crippen molar-refractivity contribution < 1.29 is 18.7 Å². The van der Waals surface area contributed by atoms with E-state index in [0.29, 0.717) is 27.3 Å². The van der Waals surface area contributed by atoms with E-state index < -0.39 is 23.1 Å². The summed E-state index contributed by atoms with van der Waals surface area (Å²) < 4.78 is 17.7. The summed E-state index contributed by atoms with van der Waals surface area (Å²) in [7, 11) is 1.59. The van der Waals surface area contributed by atoms with E-state index in [-0.39, 0.29) is 5.43 Å². The largest absolute Gasteiger partial charge is 0.460 e. The fourth-order valence-electron chi connectivity index (χ4n) is 4.39. The Balaban J connectivity index is 2.24. The lowest BCUT2D eigenvalue weighted by molar-refractivity contribution is -0.149. The van der Waals surface area contributed by atoms with Crippen LogP contribution in [0.1, 0.15) is 54.2 Å². The molecule has 2 aromatic rings. The number of carbonyl (C=O) groups is 1. The van der Waals surface area contributed by atoms with E-state index in [2.05, 4.69) is 0 Å². The lowest BCUT2D eigenvalue weighted by Crippen LogP contribution is -2.45. The standard InChI is InChI=1S/C25H29ClO5/c1-13-15(3)25(7,20-12-18(27)17-10-9-16(26)11-19(17)30-20)22(29-8)14(2)21(13)23(28)31-24(4,5)6/h9-12,22H,1-8H3. The summed E-state index contributed by atoms with van der Waals surface area (Å²) in [5.74, 6) is 0.0660. The zero-order chi connectivity index (χ0) is 23.3. The van der Waals surface area contributed by atoms with Gasteiger partial charge in [-0.25, -0.2) is 4.79 Å². The van der Waals surface area contributed by atoms with Gasteiger partial charge in [0.25, 0.3) is 0 Å². The van der Waals surface area contributed by atoms with Gasteiger partial charge in [-0.1, -0.05) is 17.2 Å². The van der Waals surface area contributed by atoms with Crippen LogP contribution in [-0.2, 0) is 19.7 Å². The zero-order valence-corrected chi connectivity index (χ0v) is 20.1. The molecule has 1 aliphatic carbocycles. The van der Waals surface area contributed by atoms with Crippen molar-refractivity contribution in [2.24, 2.45) is 0 Å². The van der Waals surface area contributed by atoms with Crippen molar-refractivity contribution in [3.63, 3.8) is 0 Å². The van der Waals surface area contributed by atoms with E-state index in [1.54, 1.807) is 25.3 Å². The molecular weight excluding hydrogens is 416 g/mol. The average molecular weight is 445 g/mol. The number of ether oxygens (including phenoxy) is 2. The van der Waals surface area contributed by atoms with Crippen LogP contribution < -0.4 is 5.43 Å². The number of esters is 1. The summed E-state index contributed by atoms with van der Waals surface area (Å²) >= 11 is 6.13. The van der Waals surface area contributed by atoms with Crippen LogP contribution in [0, 0.1) is 0 Å². The fraction of sp³-hybridized carbons (Fsp3) is 0.440. The van der Waals surface area contributed by atoms with Gasteiger partial charge < -0.3 is 13.9 Å². The summed E-state index contributed by atoms with van der Waals surface area (Å²) in [6.45, 7) is 13.1. The second-order valence-corrected chi connectivity index (χ2v) is 9.68. The molecule has 1 aliphatic rings. The molecule has 31 heavy (non-hydrogen) atoms. The normalized spacial score (nSPS) is 22.3. The van der Waals surface area contributed by atoms with Crippen molar-refractivity contribution in [3.05, 3.63) is 67.6 Å². The molecule has 1 aromatic carbocycles. The van der Waals surface area contributed by atoms with Crippen LogP contribution in [0.15, 0.2) is 55.8 Å². The Hall–Kier alpha value is -2.37. The van der Waals surface area contributed by atoms with Crippen molar-refractivity contribution in [1.29, 1.82) is 0 Å². The third-order valence-electron chi connectivity index (χ3n) is 6.07. The van der Waals surface area contributed by atoms with Crippen molar-refractivity contribution in [3.8, 4) is 0 Å². The van der Waals surface area contributed by atoms with Crippen LogP contribution in [0.4, 0.5) is 0 Å². The van der Waals surface area contributed by atoms with Gasteiger partial charge in [0.1, 0.15) is 16.9 Å². The minimum absolute atomic E-state index is 0.158. The molecule has 0 radical (unpaired) electrons. The van der Waals surface area contributed by atoms with Gasteiger partial charge in [-0.05, 0) is 71.7 Å². The van der Waals surface area contributed by atoms with Crippen molar-refractivity contribution in [2.75, 3.05) is 7.11 Å². The molecular formula is C25H29ClO5. The summed E-state index contributed by atoms with van der Waals surface area (Å²) in [5.41, 5.74) is 1.73. The van der Waals surface area contributed by atoms with E-state index >= 15 is 0 Å². The second-order valence-electron chi connectivity index (χ2n) is 9.24. The lowest BCUT2D eigenvalue weighted by Gasteiger charge is -2.42. The Morgan fingerprint density at radius 3 is 2.39 bits per heavy atom. The molecule has 2 unspecified atom stereocenters. The van der Waals surface area contributed by atoms with Gasteiger partial charge in [-0.3, -0.25) is 4.79 Å². The first-order chi connectivity index (χ1) is 14.3.